The monoisotopic (exact) mass is 345 g/mol. The van der Waals surface area contributed by atoms with Crippen LogP contribution in [0.1, 0.15) is 11.1 Å². The molecule has 0 aromatic heterocycles. The average molecular weight is 345 g/mol. The standard InChI is InChI=1S/C18H23N3O2S/c1-20(2)18-13-9-16(10-14-18)6-5-15-7-11-17(12-8-15)19-24(22,23)21(3)4/h5-14,19H,1-4H3. The molecule has 0 aliphatic rings. The molecule has 1 N–H and O–H groups in total. The third-order valence-electron chi connectivity index (χ3n) is 3.52. The summed E-state index contributed by atoms with van der Waals surface area (Å²) in [6.45, 7) is 0. The quantitative estimate of drug-likeness (QED) is 0.818. The van der Waals surface area contributed by atoms with Gasteiger partial charge in [-0.2, -0.15) is 12.7 Å². The molecule has 0 heterocycles. The maximum atomic E-state index is 11.8. The first-order valence-corrected chi connectivity index (χ1v) is 8.98. The van der Waals surface area contributed by atoms with Gasteiger partial charge >= 0.3 is 10.2 Å². The SMILES string of the molecule is CN(C)c1ccc(C=Cc2ccc(NS(=O)(=O)N(C)C)cc2)cc1. The minimum absolute atomic E-state index is 0.538. The van der Waals surface area contributed by atoms with Crippen molar-refractivity contribution in [3.63, 3.8) is 0 Å². The molecule has 0 unspecified atom stereocenters. The lowest BCUT2D eigenvalue weighted by molar-refractivity contribution is 0.527. The molecule has 2 aromatic carbocycles. The van der Waals surface area contributed by atoms with Crippen molar-refractivity contribution in [1.82, 2.24) is 4.31 Å². The fourth-order valence-corrected chi connectivity index (χ4v) is 2.60. The lowest BCUT2D eigenvalue weighted by Crippen LogP contribution is -2.28. The van der Waals surface area contributed by atoms with Gasteiger partial charge in [0, 0.05) is 39.6 Å². The fraction of sp³-hybridized carbons (Fsp3) is 0.222. The third-order valence-corrected chi connectivity index (χ3v) is 4.97. The summed E-state index contributed by atoms with van der Waals surface area (Å²) >= 11 is 0. The van der Waals surface area contributed by atoms with Crippen molar-refractivity contribution in [3.05, 3.63) is 59.7 Å². The normalized spacial score (nSPS) is 11.9. The number of hydrogen-bond donors (Lipinski definition) is 1. The highest BCUT2D eigenvalue weighted by Gasteiger charge is 2.12. The van der Waals surface area contributed by atoms with Crippen LogP contribution in [0.25, 0.3) is 12.2 Å². The van der Waals surface area contributed by atoms with Gasteiger partial charge in [0.05, 0.1) is 0 Å². The van der Waals surface area contributed by atoms with E-state index in [1.165, 1.54) is 14.1 Å². The second kappa shape index (κ2) is 7.51. The minimum Gasteiger partial charge on any atom is -0.378 e. The van der Waals surface area contributed by atoms with Gasteiger partial charge in [0.1, 0.15) is 0 Å². The fourth-order valence-electron chi connectivity index (χ4n) is 1.98. The molecule has 0 bridgehead atoms. The molecular formula is C18H23N3O2S. The van der Waals surface area contributed by atoms with Crippen LogP contribution in [0.5, 0.6) is 0 Å². The molecule has 0 spiro atoms. The summed E-state index contributed by atoms with van der Waals surface area (Å²) in [5.74, 6) is 0. The van der Waals surface area contributed by atoms with Crippen LogP contribution in [0, 0.1) is 0 Å². The zero-order chi connectivity index (χ0) is 17.7. The second-order valence-corrected chi connectivity index (χ2v) is 7.72. The van der Waals surface area contributed by atoms with E-state index in [2.05, 4.69) is 33.9 Å². The maximum absolute atomic E-state index is 11.8. The number of rotatable bonds is 6. The number of nitrogens with one attached hydrogen (secondary N) is 1. The van der Waals surface area contributed by atoms with Crippen molar-refractivity contribution in [3.8, 4) is 0 Å². The predicted octanol–water partition coefficient (Wildman–Crippen LogP) is 3.14. The molecule has 0 aliphatic heterocycles. The molecule has 2 rings (SSSR count). The predicted molar refractivity (Wildman–Crippen MR) is 102 cm³/mol. The Labute approximate surface area is 144 Å². The molecule has 0 saturated carbocycles. The first-order valence-electron chi connectivity index (χ1n) is 7.54. The summed E-state index contributed by atoms with van der Waals surface area (Å²) in [6.07, 6.45) is 4.02. The second-order valence-electron chi connectivity index (χ2n) is 5.83. The summed E-state index contributed by atoms with van der Waals surface area (Å²) in [6, 6.07) is 15.5. The van der Waals surface area contributed by atoms with E-state index in [1.54, 1.807) is 12.1 Å². The highest BCUT2D eigenvalue weighted by molar-refractivity contribution is 7.90. The van der Waals surface area contributed by atoms with E-state index in [0.29, 0.717) is 5.69 Å². The zero-order valence-corrected chi connectivity index (χ0v) is 15.2. The number of nitrogens with zero attached hydrogens (tertiary/aromatic N) is 2. The number of hydrogen-bond acceptors (Lipinski definition) is 3. The van der Waals surface area contributed by atoms with Crippen LogP contribution in [0.4, 0.5) is 11.4 Å². The first-order chi connectivity index (χ1) is 11.3. The first kappa shape index (κ1) is 18.0. The Bertz CT molecular complexity index is 793. The van der Waals surface area contributed by atoms with Gasteiger partial charge in [-0.15, -0.1) is 0 Å². The highest BCUT2D eigenvalue weighted by atomic mass is 32.2. The molecule has 0 aliphatic carbocycles. The van der Waals surface area contributed by atoms with E-state index >= 15 is 0 Å². The van der Waals surface area contributed by atoms with Crippen molar-refractivity contribution < 1.29 is 8.42 Å². The smallest absolute Gasteiger partial charge is 0.301 e. The van der Waals surface area contributed by atoms with Crippen molar-refractivity contribution in [2.45, 2.75) is 0 Å². The Balaban J connectivity index is 2.06. The highest BCUT2D eigenvalue weighted by Crippen LogP contribution is 2.16. The molecule has 5 nitrogen and oxygen atoms in total. The van der Waals surface area contributed by atoms with Crippen LogP contribution < -0.4 is 9.62 Å². The molecular weight excluding hydrogens is 322 g/mol. The van der Waals surface area contributed by atoms with Gasteiger partial charge in [-0.3, -0.25) is 4.72 Å². The van der Waals surface area contributed by atoms with Gasteiger partial charge in [-0.05, 0) is 35.4 Å². The largest absolute Gasteiger partial charge is 0.378 e. The van der Waals surface area contributed by atoms with Gasteiger partial charge in [0.25, 0.3) is 0 Å². The van der Waals surface area contributed by atoms with Crippen molar-refractivity contribution in [2.75, 3.05) is 37.8 Å². The molecule has 0 atom stereocenters. The van der Waals surface area contributed by atoms with Crippen molar-refractivity contribution >= 4 is 33.7 Å². The van der Waals surface area contributed by atoms with Gasteiger partial charge in [-0.1, -0.05) is 36.4 Å². The molecule has 0 radical (unpaired) electrons. The molecule has 2 aromatic rings. The summed E-state index contributed by atoms with van der Waals surface area (Å²) in [4.78, 5) is 2.06. The van der Waals surface area contributed by atoms with Gasteiger partial charge in [0.15, 0.2) is 0 Å². The van der Waals surface area contributed by atoms with Crippen LogP contribution in [0.2, 0.25) is 0 Å². The van der Waals surface area contributed by atoms with Crippen molar-refractivity contribution in [2.24, 2.45) is 0 Å². The Morgan fingerprint density at radius 1 is 0.792 bits per heavy atom. The molecule has 128 valence electrons. The lowest BCUT2D eigenvalue weighted by atomic mass is 10.1. The maximum Gasteiger partial charge on any atom is 0.301 e. The molecule has 6 heteroatoms. The van der Waals surface area contributed by atoms with E-state index in [0.717, 1.165) is 21.1 Å². The van der Waals surface area contributed by atoms with Gasteiger partial charge in [0.2, 0.25) is 0 Å². The molecule has 0 amide bonds. The lowest BCUT2D eigenvalue weighted by Gasteiger charge is -2.13. The van der Waals surface area contributed by atoms with Crippen LogP contribution >= 0.6 is 0 Å². The molecule has 24 heavy (non-hydrogen) atoms. The van der Waals surface area contributed by atoms with Crippen molar-refractivity contribution in [1.29, 1.82) is 0 Å². The summed E-state index contributed by atoms with van der Waals surface area (Å²) in [5.41, 5.74) is 3.80. The number of benzene rings is 2. The van der Waals surface area contributed by atoms with Crippen LogP contribution in [0.3, 0.4) is 0 Å². The zero-order valence-electron chi connectivity index (χ0n) is 14.4. The van der Waals surface area contributed by atoms with E-state index < -0.39 is 10.2 Å². The Morgan fingerprint density at radius 2 is 1.25 bits per heavy atom. The summed E-state index contributed by atoms with van der Waals surface area (Å²) in [7, 11) is 3.53. The minimum atomic E-state index is -3.47. The number of anilines is 2. The average Bonchev–Trinajstić information content (AvgIpc) is 2.54. The van der Waals surface area contributed by atoms with Crippen LogP contribution in [0.15, 0.2) is 48.5 Å². The molecule has 0 saturated heterocycles. The topological polar surface area (TPSA) is 52.7 Å². The Morgan fingerprint density at radius 3 is 1.67 bits per heavy atom. The Kier molecular flexibility index (Phi) is 5.64. The van der Waals surface area contributed by atoms with Crippen LogP contribution in [-0.2, 0) is 10.2 Å². The van der Waals surface area contributed by atoms with E-state index in [1.807, 2.05) is 38.4 Å². The van der Waals surface area contributed by atoms with Gasteiger partial charge < -0.3 is 4.90 Å². The van der Waals surface area contributed by atoms with E-state index in [-0.39, 0.29) is 0 Å². The van der Waals surface area contributed by atoms with Crippen LogP contribution in [-0.4, -0.2) is 40.9 Å². The summed E-state index contributed by atoms with van der Waals surface area (Å²) in [5, 5.41) is 0. The Hall–Kier alpha value is -2.31. The van der Waals surface area contributed by atoms with Gasteiger partial charge in [-0.25, -0.2) is 0 Å². The molecule has 0 fully saturated rings. The summed E-state index contributed by atoms with van der Waals surface area (Å²) < 4.78 is 27.2. The van der Waals surface area contributed by atoms with E-state index in [9.17, 15) is 8.42 Å². The van der Waals surface area contributed by atoms with E-state index in [4.69, 9.17) is 0 Å². The third kappa shape index (κ3) is 4.84.